The third kappa shape index (κ3) is 5.76. The molecule has 23 heavy (non-hydrogen) atoms. The van der Waals surface area contributed by atoms with Gasteiger partial charge < -0.3 is 10.2 Å². The van der Waals surface area contributed by atoms with Crippen molar-refractivity contribution >= 4 is 39.6 Å². The zero-order chi connectivity index (χ0) is 16.7. The summed E-state index contributed by atoms with van der Waals surface area (Å²) in [5.74, 6) is -0.207. The largest absolute Gasteiger partial charge is 0.333 e. The molecular weight excluding hydrogens is 330 g/mol. The van der Waals surface area contributed by atoms with Crippen LogP contribution in [0.3, 0.4) is 0 Å². The average molecular weight is 351 g/mol. The number of rotatable bonds is 8. The van der Waals surface area contributed by atoms with E-state index in [2.05, 4.69) is 17.2 Å². The first kappa shape index (κ1) is 17.6. The molecule has 5 nitrogen and oxygen atoms in total. The lowest BCUT2D eigenvalue weighted by Gasteiger charge is -2.21. The number of carbonyl (C=O) groups excluding carboxylic acids is 2. The van der Waals surface area contributed by atoms with Crippen LogP contribution in [0.2, 0.25) is 0 Å². The van der Waals surface area contributed by atoms with Gasteiger partial charge in [-0.15, -0.1) is 22.7 Å². The number of thiophene rings is 1. The number of amides is 2. The number of anilines is 1. The molecule has 2 rings (SSSR count). The number of nitrogens with zero attached hydrogens (tertiary/aromatic N) is 2. The minimum absolute atomic E-state index is 0.00799. The number of unbranched alkanes of at least 4 members (excludes halogenated alkanes) is 1. The molecule has 2 heterocycles. The Labute approximate surface area is 144 Å². The summed E-state index contributed by atoms with van der Waals surface area (Å²) in [7, 11) is 0. The molecule has 2 aromatic heterocycles. The van der Waals surface area contributed by atoms with Crippen molar-refractivity contribution in [2.75, 3.05) is 18.4 Å². The second-order valence-corrected chi connectivity index (χ2v) is 7.52. The van der Waals surface area contributed by atoms with Crippen LogP contribution in [0.5, 0.6) is 0 Å². The quantitative estimate of drug-likeness (QED) is 0.793. The number of hydrogen-bond acceptors (Lipinski definition) is 5. The predicted molar refractivity (Wildman–Crippen MR) is 95.0 cm³/mol. The maximum Gasteiger partial charge on any atom is 0.245 e. The lowest BCUT2D eigenvalue weighted by molar-refractivity contribution is -0.134. The van der Waals surface area contributed by atoms with Crippen LogP contribution in [0, 0.1) is 6.92 Å². The fourth-order valence-electron chi connectivity index (χ4n) is 2.06. The SMILES string of the molecule is CCCCN(CC(=O)Nc1ncc(C)s1)C(=O)Cc1cccs1. The van der Waals surface area contributed by atoms with Crippen molar-refractivity contribution in [1.82, 2.24) is 9.88 Å². The zero-order valence-corrected chi connectivity index (χ0v) is 15.0. The fourth-order valence-corrected chi connectivity index (χ4v) is 3.44. The molecule has 2 amide bonds. The number of aromatic nitrogens is 1. The standard InChI is InChI=1S/C16H21N3O2S2/c1-3-4-7-19(15(21)9-13-6-5-8-22-13)11-14(20)18-16-17-10-12(2)23-16/h5-6,8,10H,3-4,7,9,11H2,1-2H3,(H,17,18,20). The Hall–Kier alpha value is -1.73. The van der Waals surface area contributed by atoms with Crippen LogP contribution in [-0.4, -0.2) is 34.8 Å². The van der Waals surface area contributed by atoms with Gasteiger partial charge in [0.15, 0.2) is 5.13 Å². The molecule has 0 aliphatic rings. The summed E-state index contributed by atoms with van der Waals surface area (Å²) in [6, 6.07) is 3.88. The number of hydrogen-bond donors (Lipinski definition) is 1. The molecule has 0 saturated heterocycles. The van der Waals surface area contributed by atoms with Crippen molar-refractivity contribution in [3.63, 3.8) is 0 Å². The van der Waals surface area contributed by atoms with E-state index in [9.17, 15) is 9.59 Å². The first-order chi connectivity index (χ1) is 11.1. The molecule has 0 radical (unpaired) electrons. The van der Waals surface area contributed by atoms with Crippen molar-refractivity contribution in [2.24, 2.45) is 0 Å². The van der Waals surface area contributed by atoms with E-state index in [1.807, 2.05) is 24.4 Å². The summed E-state index contributed by atoms with van der Waals surface area (Å²) in [6.07, 6.45) is 3.94. The first-order valence-corrected chi connectivity index (χ1v) is 9.30. The van der Waals surface area contributed by atoms with Crippen molar-refractivity contribution in [3.8, 4) is 0 Å². The molecule has 0 aliphatic carbocycles. The van der Waals surface area contributed by atoms with Crippen molar-refractivity contribution in [1.29, 1.82) is 0 Å². The van der Waals surface area contributed by atoms with Gasteiger partial charge in [0, 0.05) is 22.5 Å². The molecule has 0 aliphatic heterocycles. The molecular formula is C16H21N3O2S2. The number of carbonyl (C=O) groups is 2. The maximum absolute atomic E-state index is 12.4. The first-order valence-electron chi connectivity index (χ1n) is 7.61. The van der Waals surface area contributed by atoms with Crippen LogP contribution in [0.4, 0.5) is 5.13 Å². The van der Waals surface area contributed by atoms with Gasteiger partial charge in [-0.25, -0.2) is 4.98 Å². The third-order valence-corrected chi connectivity index (χ3v) is 4.95. The smallest absolute Gasteiger partial charge is 0.245 e. The summed E-state index contributed by atoms with van der Waals surface area (Å²) in [5, 5.41) is 5.29. The van der Waals surface area contributed by atoms with Gasteiger partial charge in [0.05, 0.1) is 13.0 Å². The van der Waals surface area contributed by atoms with Gasteiger partial charge in [-0.2, -0.15) is 0 Å². The molecule has 2 aromatic rings. The highest BCUT2D eigenvalue weighted by Crippen LogP contribution is 2.16. The molecule has 1 N–H and O–H groups in total. The average Bonchev–Trinajstić information content (AvgIpc) is 3.15. The Morgan fingerprint density at radius 3 is 2.83 bits per heavy atom. The molecule has 7 heteroatoms. The topological polar surface area (TPSA) is 62.3 Å². The highest BCUT2D eigenvalue weighted by molar-refractivity contribution is 7.15. The lowest BCUT2D eigenvalue weighted by Crippen LogP contribution is -2.39. The molecule has 0 aromatic carbocycles. The van der Waals surface area contributed by atoms with Crippen molar-refractivity contribution in [2.45, 2.75) is 33.1 Å². The van der Waals surface area contributed by atoms with Crippen molar-refractivity contribution < 1.29 is 9.59 Å². The molecule has 0 spiro atoms. The van der Waals surface area contributed by atoms with Gasteiger partial charge in [-0.1, -0.05) is 19.4 Å². The van der Waals surface area contributed by atoms with Crippen molar-refractivity contribution in [3.05, 3.63) is 33.5 Å². The van der Waals surface area contributed by atoms with Gasteiger partial charge in [-0.05, 0) is 24.8 Å². The summed E-state index contributed by atoms with van der Waals surface area (Å²) in [5.41, 5.74) is 0. The Morgan fingerprint density at radius 1 is 1.39 bits per heavy atom. The Morgan fingerprint density at radius 2 is 2.22 bits per heavy atom. The lowest BCUT2D eigenvalue weighted by atomic mass is 10.2. The van der Waals surface area contributed by atoms with E-state index in [-0.39, 0.29) is 18.4 Å². The van der Waals surface area contributed by atoms with Crippen LogP contribution in [0.1, 0.15) is 29.5 Å². The van der Waals surface area contributed by atoms with E-state index >= 15 is 0 Å². The maximum atomic E-state index is 12.4. The number of thiazole rings is 1. The molecule has 0 bridgehead atoms. The van der Waals surface area contributed by atoms with Crippen LogP contribution in [0.25, 0.3) is 0 Å². The van der Waals surface area contributed by atoms with E-state index in [0.29, 0.717) is 18.1 Å². The van der Waals surface area contributed by atoms with Gasteiger partial charge in [0.1, 0.15) is 0 Å². The normalized spacial score (nSPS) is 10.5. The zero-order valence-electron chi connectivity index (χ0n) is 13.4. The van der Waals surface area contributed by atoms with Crippen LogP contribution in [-0.2, 0) is 16.0 Å². The molecule has 0 atom stereocenters. The van der Waals surface area contributed by atoms with Gasteiger partial charge in [0.2, 0.25) is 11.8 Å². The van der Waals surface area contributed by atoms with E-state index in [0.717, 1.165) is 22.6 Å². The fraction of sp³-hybridized carbons (Fsp3) is 0.438. The number of nitrogens with one attached hydrogen (secondary N) is 1. The molecule has 0 unspecified atom stereocenters. The van der Waals surface area contributed by atoms with Gasteiger partial charge in [-0.3, -0.25) is 9.59 Å². The number of aryl methyl sites for hydroxylation is 1. The second kappa shape index (κ2) is 8.79. The van der Waals surface area contributed by atoms with Gasteiger partial charge >= 0.3 is 0 Å². The van der Waals surface area contributed by atoms with Crippen LogP contribution in [0.15, 0.2) is 23.7 Å². The van der Waals surface area contributed by atoms with Crippen LogP contribution < -0.4 is 5.32 Å². The summed E-state index contributed by atoms with van der Waals surface area (Å²) < 4.78 is 0. The highest BCUT2D eigenvalue weighted by Gasteiger charge is 2.18. The minimum atomic E-state index is -0.199. The van der Waals surface area contributed by atoms with E-state index in [1.54, 1.807) is 22.4 Å². The minimum Gasteiger partial charge on any atom is -0.333 e. The Bertz CT molecular complexity index is 638. The monoisotopic (exact) mass is 351 g/mol. The van der Waals surface area contributed by atoms with Gasteiger partial charge in [0.25, 0.3) is 0 Å². The highest BCUT2D eigenvalue weighted by atomic mass is 32.1. The van der Waals surface area contributed by atoms with E-state index in [4.69, 9.17) is 0 Å². The Kier molecular flexibility index (Phi) is 6.73. The summed E-state index contributed by atoms with van der Waals surface area (Å²) in [4.78, 5) is 32.4. The summed E-state index contributed by atoms with van der Waals surface area (Å²) in [6.45, 7) is 4.68. The second-order valence-electron chi connectivity index (χ2n) is 5.25. The van der Waals surface area contributed by atoms with Crippen LogP contribution >= 0.6 is 22.7 Å². The predicted octanol–water partition coefficient (Wildman–Crippen LogP) is 3.32. The van der Waals surface area contributed by atoms with E-state index < -0.39 is 0 Å². The third-order valence-electron chi connectivity index (χ3n) is 3.24. The molecule has 0 saturated carbocycles. The summed E-state index contributed by atoms with van der Waals surface area (Å²) >= 11 is 2.99. The van der Waals surface area contributed by atoms with E-state index in [1.165, 1.54) is 11.3 Å². The molecule has 124 valence electrons. The Balaban J connectivity index is 1.93. The molecule has 0 fully saturated rings.